The maximum atomic E-state index is 10.6. The van der Waals surface area contributed by atoms with E-state index in [1.54, 1.807) is 0 Å². The van der Waals surface area contributed by atoms with Crippen LogP contribution in [0.15, 0.2) is 36.4 Å². The molecule has 0 atom stereocenters. The van der Waals surface area contributed by atoms with Crippen LogP contribution in [0.25, 0.3) is 11.1 Å². The molecule has 0 aromatic heterocycles. The lowest BCUT2D eigenvalue weighted by Gasteiger charge is -2.17. The van der Waals surface area contributed by atoms with Crippen LogP contribution in [0.3, 0.4) is 0 Å². The largest absolute Gasteiger partial charge is 0.508 e. The predicted octanol–water partition coefficient (Wildman–Crippen LogP) is 5.24. The molecule has 2 aliphatic heterocycles. The Bertz CT molecular complexity index is 847. The third-order valence-electron chi connectivity index (χ3n) is 6.78. The number of allylic oxidation sites excluding steroid dienone is 2. The van der Waals surface area contributed by atoms with Gasteiger partial charge in [0.15, 0.2) is 0 Å². The molecule has 4 rings (SSSR count). The average molecular weight is 407 g/mol. The molecule has 2 heterocycles. The number of aromatic hydroxyl groups is 2. The Morgan fingerprint density at radius 3 is 1.37 bits per heavy atom. The minimum atomic E-state index is 0.371. The molecule has 0 radical (unpaired) electrons. The zero-order valence-electron chi connectivity index (χ0n) is 18.3. The van der Waals surface area contributed by atoms with E-state index in [1.807, 2.05) is 12.1 Å². The fourth-order valence-electron chi connectivity index (χ4n) is 4.66. The quantitative estimate of drug-likeness (QED) is 0.644. The summed E-state index contributed by atoms with van der Waals surface area (Å²) in [6, 6.07) is 12.1. The molecule has 2 aromatic rings. The third-order valence-corrected chi connectivity index (χ3v) is 6.78. The molecular formula is C26H34N2O2. The van der Waals surface area contributed by atoms with Gasteiger partial charge in [-0.1, -0.05) is 24.3 Å². The third kappa shape index (κ3) is 4.71. The van der Waals surface area contributed by atoms with Crippen molar-refractivity contribution in [2.45, 2.75) is 52.6 Å². The van der Waals surface area contributed by atoms with E-state index in [0.29, 0.717) is 11.5 Å². The van der Waals surface area contributed by atoms with Crippen molar-refractivity contribution in [3.05, 3.63) is 58.7 Å². The number of rotatable bonds is 6. The van der Waals surface area contributed by atoms with E-state index < -0.39 is 0 Å². The van der Waals surface area contributed by atoms with Crippen LogP contribution in [0.4, 0.5) is 0 Å². The highest BCUT2D eigenvalue weighted by molar-refractivity contribution is 5.89. The van der Waals surface area contributed by atoms with Crippen LogP contribution in [0.2, 0.25) is 0 Å². The number of hydrogen-bond acceptors (Lipinski definition) is 4. The standard InChI is InChI=1S/C26H34N2O2/c1-19(21-7-9-23(25(29)15-21)17-27-11-3-4-12-27)20(2)22-8-10-24(26(30)16-22)18-28-13-5-6-14-28/h7-10,15-16,29-30H,3-6,11-14,17-18H2,1-2H3. The van der Waals surface area contributed by atoms with Crippen LogP contribution >= 0.6 is 0 Å². The highest BCUT2D eigenvalue weighted by atomic mass is 16.3. The van der Waals surface area contributed by atoms with Gasteiger partial charge in [-0.3, -0.25) is 9.80 Å². The van der Waals surface area contributed by atoms with Crippen molar-refractivity contribution in [2.24, 2.45) is 0 Å². The zero-order valence-corrected chi connectivity index (χ0v) is 18.3. The van der Waals surface area contributed by atoms with E-state index in [1.165, 1.54) is 25.7 Å². The van der Waals surface area contributed by atoms with Crippen molar-refractivity contribution < 1.29 is 10.2 Å². The number of likely N-dealkylation sites (tertiary alicyclic amines) is 2. The van der Waals surface area contributed by atoms with E-state index in [9.17, 15) is 10.2 Å². The molecule has 4 nitrogen and oxygen atoms in total. The molecule has 30 heavy (non-hydrogen) atoms. The van der Waals surface area contributed by atoms with Crippen LogP contribution in [0, 0.1) is 0 Å². The summed E-state index contributed by atoms with van der Waals surface area (Å²) in [6.07, 6.45) is 5.01. The van der Waals surface area contributed by atoms with Crippen LogP contribution in [-0.4, -0.2) is 46.2 Å². The first kappa shape index (κ1) is 21.0. The Hall–Kier alpha value is -2.30. The van der Waals surface area contributed by atoms with Gasteiger partial charge < -0.3 is 10.2 Å². The summed E-state index contributed by atoms with van der Waals surface area (Å²) in [6.45, 7) is 10.3. The number of nitrogens with zero attached hydrogens (tertiary/aromatic N) is 2. The first-order valence-corrected chi connectivity index (χ1v) is 11.3. The molecule has 0 bridgehead atoms. The number of phenols is 2. The van der Waals surface area contributed by atoms with E-state index in [-0.39, 0.29) is 0 Å². The lowest BCUT2D eigenvalue weighted by atomic mass is 9.95. The van der Waals surface area contributed by atoms with E-state index >= 15 is 0 Å². The van der Waals surface area contributed by atoms with Crippen molar-refractivity contribution >= 4 is 11.1 Å². The second-order valence-corrected chi connectivity index (χ2v) is 8.90. The van der Waals surface area contributed by atoms with Gasteiger partial charge in [-0.25, -0.2) is 0 Å². The van der Waals surface area contributed by atoms with Gasteiger partial charge in [-0.15, -0.1) is 0 Å². The summed E-state index contributed by atoms with van der Waals surface area (Å²) in [5.41, 5.74) is 6.27. The Kier molecular flexibility index (Phi) is 6.45. The molecule has 0 aliphatic carbocycles. The SMILES string of the molecule is CC(=C(C)c1ccc(CN2CCCC2)c(O)c1)c1ccc(CN2CCCC2)c(O)c1. The highest BCUT2D eigenvalue weighted by Crippen LogP contribution is 2.32. The van der Waals surface area contributed by atoms with Crippen LogP contribution in [0.5, 0.6) is 11.5 Å². The fraction of sp³-hybridized carbons (Fsp3) is 0.462. The topological polar surface area (TPSA) is 46.9 Å². The van der Waals surface area contributed by atoms with Gasteiger partial charge in [0.05, 0.1) is 0 Å². The van der Waals surface area contributed by atoms with Gasteiger partial charge in [0.25, 0.3) is 0 Å². The minimum absolute atomic E-state index is 0.371. The normalized spacial score (nSPS) is 18.7. The Morgan fingerprint density at radius 2 is 1.03 bits per heavy atom. The monoisotopic (exact) mass is 406 g/mol. The second kappa shape index (κ2) is 9.23. The maximum absolute atomic E-state index is 10.6. The van der Waals surface area contributed by atoms with E-state index in [0.717, 1.165) is 72.7 Å². The predicted molar refractivity (Wildman–Crippen MR) is 123 cm³/mol. The van der Waals surface area contributed by atoms with Gasteiger partial charge >= 0.3 is 0 Å². The molecule has 0 saturated carbocycles. The summed E-state index contributed by atoms with van der Waals surface area (Å²) < 4.78 is 0. The lowest BCUT2D eigenvalue weighted by molar-refractivity contribution is 0.324. The molecule has 2 aliphatic rings. The summed E-state index contributed by atoms with van der Waals surface area (Å²) in [7, 11) is 0. The van der Waals surface area contributed by atoms with Crippen LogP contribution < -0.4 is 0 Å². The van der Waals surface area contributed by atoms with Crippen LogP contribution in [-0.2, 0) is 13.1 Å². The molecular weight excluding hydrogens is 372 g/mol. The molecule has 0 spiro atoms. The van der Waals surface area contributed by atoms with E-state index in [2.05, 4.69) is 47.9 Å². The Balaban J connectivity index is 1.51. The van der Waals surface area contributed by atoms with Crippen molar-refractivity contribution in [1.82, 2.24) is 9.80 Å². The average Bonchev–Trinajstić information content (AvgIpc) is 3.44. The van der Waals surface area contributed by atoms with Gasteiger partial charge in [0.1, 0.15) is 11.5 Å². The summed E-state index contributed by atoms with van der Waals surface area (Å²) in [5.74, 6) is 0.741. The second-order valence-electron chi connectivity index (χ2n) is 8.90. The van der Waals surface area contributed by atoms with Gasteiger partial charge in [-0.05, 0) is 100 Å². The van der Waals surface area contributed by atoms with Crippen molar-refractivity contribution in [3.8, 4) is 11.5 Å². The van der Waals surface area contributed by atoms with Gasteiger partial charge in [-0.2, -0.15) is 0 Å². The highest BCUT2D eigenvalue weighted by Gasteiger charge is 2.16. The lowest BCUT2D eigenvalue weighted by Crippen LogP contribution is -2.18. The number of phenolic OH excluding ortho intramolecular Hbond substituents is 2. The Labute approximate surface area is 180 Å². The van der Waals surface area contributed by atoms with Crippen molar-refractivity contribution in [2.75, 3.05) is 26.2 Å². The molecule has 0 amide bonds. The van der Waals surface area contributed by atoms with Gasteiger partial charge in [0, 0.05) is 24.2 Å². The van der Waals surface area contributed by atoms with Crippen LogP contribution in [0.1, 0.15) is 61.8 Å². The van der Waals surface area contributed by atoms with Gasteiger partial charge in [0.2, 0.25) is 0 Å². The Morgan fingerprint density at radius 1 is 0.667 bits per heavy atom. The molecule has 2 aromatic carbocycles. The molecule has 2 saturated heterocycles. The number of benzene rings is 2. The molecule has 2 fully saturated rings. The smallest absolute Gasteiger partial charge is 0.120 e. The summed E-state index contributed by atoms with van der Waals surface area (Å²) in [5, 5.41) is 21.2. The summed E-state index contributed by atoms with van der Waals surface area (Å²) in [4.78, 5) is 4.80. The number of hydrogen-bond donors (Lipinski definition) is 2. The molecule has 0 unspecified atom stereocenters. The fourth-order valence-corrected chi connectivity index (χ4v) is 4.66. The summed E-state index contributed by atoms with van der Waals surface area (Å²) >= 11 is 0. The first-order valence-electron chi connectivity index (χ1n) is 11.3. The first-order chi connectivity index (χ1) is 14.5. The molecule has 160 valence electrons. The van der Waals surface area contributed by atoms with Crippen molar-refractivity contribution in [3.63, 3.8) is 0 Å². The van der Waals surface area contributed by atoms with Crippen molar-refractivity contribution in [1.29, 1.82) is 0 Å². The molecule has 4 heteroatoms. The minimum Gasteiger partial charge on any atom is -0.508 e. The zero-order chi connectivity index (χ0) is 21.1. The molecule has 2 N–H and O–H groups in total. The maximum Gasteiger partial charge on any atom is 0.120 e. The van der Waals surface area contributed by atoms with E-state index in [4.69, 9.17) is 0 Å².